The summed E-state index contributed by atoms with van der Waals surface area (Å²) in [5.41, 5.74) is -2.70. The number of hydrogen-bond donors (Lipinski definition) is 2. The van der Waals surface area contributed by atoms with E-state index in [0.29, 0.717) is 11.4 Å². The van der Waals surface area contributed by atoms with Crippen molar-refractivity contribution in [1.29, 1.82) is 0 Å². The Balaban J connectivity index is 1.83. The number of ether oxygens (including phenoxy) is 2. The number of anilines is 3. The number of nitrogens with one attached hydrogen (secondary N) is 2. The van der Waals surface area contributed by atoms with E-state index in [1.807, 2.05) is 0 Å². The Kier molecular flexibility index (Phi) is 4.71. The van der Waals surface area contributed by atoms with Crippen LogP contribution in [0.5, 0.6) is 11.5 Å². The normalized spacial score (nSPS) is 18.8. The number of alkyl halides is 3. The largest absolute Gasteiger partial charge is 0.497 e. The molecule has 0 aromatic heterocycles. The molecule has 7 nitrogen and oxygen atoms in total. The first-order chi connectivity index (χ1) is 16.2. The molecule has 0 fully saturated rings. The minimum absolute atomic E-state index is 0.0342. The number of fused-ring (bicyclic) bond motifs is 3. The van der Waals surface area contributed by atoms with E-state index in [1.54, 1.807) is 30.3 Å². The van der Waals surface area contributed by atoms with E-state index in [1.165, 1.54) is 38.5 Å². The number of para-hydroxylation sites is 2. The predicted molar refractivity (Wildman–Crippen MR) is 118 cm³/mol. The Morgan fingerprint density at radius 3 is 2.41 bits per heavy atom. The fourth-order valence-electron chi connectivity index (χ4n) is 4.46. The molecule has 2 amide bonds. The van der Waals surface area contributed by atoms with Gasteiger partial charge in [-0.05, 0) is 30.3 Å². The van der Waals surface area contributed by atoms with Gasteiger partial charge in [-0.1, -0.05) is 24.3 Å². The van der Waals surface area contributed by atoms with Crippen LogP contribution in [0.1, 0.15) is 21.5 Å². The van der Waals surface area contributed by atoms with Gasteiger partial charge in [0, 0.05) is 17.3 Å². The number of benzene rings is 3. The maximum absolute atomic E-state index is 13.8. The fraction of sp³-hybridized carbons (Fsp3) is 0.167. The molecule has 5 rings (SSSR count). The number of amides is 2. The molecule has 0 saturated carbocycles. The zero-order valence-electron chi connectivity index (χ0n) is 18.0. The molecule has 3 aromatic carbocycles. The standard InChI is InChI=1S/C24H18F3N3O4/c1-33-13-10-11-18(19(12-13)34-2)30-21(31)14-6-3-4-9-17(14)29-23(30)15-7-5-8-16(24(25,26)27)20(15)28-22(23)32/h3-12,29H,1-2H3,(H,28,32)/t23-/m0/s1. The van der Waals surface area contributed by atoms with Crippen molar-refractivity contribution < 1.29 is 32.2 Å². The van der Waals surface area contributed by atoms with E-state index >= 15 is 0 Å². The third-order valence-corrected chi connectivity index (χ3v) is 5.97. The molecule has 34 heavy (non-hydrogen) atoms. The highest BCUT2D eigenvalue weighted by Crippen LogP contribution is 2.52. The van der Waals surface area contributed by atoms with Crippen LogP contribution in [0.4, 0.5) is 30.2 Å². The van der Waals surface area contributed by atoms with Crippen LogP contribution in [0.2, 0.25) is 0 Å². The summed E-state index contributed by atoms with van der Waals surface area (Å²) in [7, 11) is 2.84. The monoisotopic (exact) mass is 469 g/mol. The second kappa shape index (κ2) is 7.41. The Hall–Kier alpha value is -4.21. The van der Waals surface area contributed by atoms with Gasteiger partial charge in [0.25, 0.3) is 11.8 Å². The van der Waals surface area contributed by atoms with E-state index in [0.717, 1.165) is 11.0 Å². The summed E-state index contributed by atoms with van der Waals surface area (Å²) in [5, 5.41) is 5.42. The van der Waals surface area contributed by atoms with E-state index in [-0.39, 0.29) is 22.6 Å². The van der Waals surface area contributed by atoms with Crippen LogP contribution in [0, 0.1) is 0 Å². The molecule has 0 aliphatic carbocycles. The molecule has 174 valence electrons. The summed E-state index contributed by atoms with van der Waals surface area (Å²) >= 11 is 0. The zero-order valence-corrected chi connectivity index (χ0v) is 18.0. The molecule has 0 saturated heterocycles. The average molecular weight is 469 g/mol. The van der Waals surface area contributed by atoms with Crippen molar-refractivity contribution >= 4 is 28.9 Å². The molecule has 1 spiro atoms. The second-order valence-corrected chi connectivity index (χ2v) is 7.74. The van der Waals surface area contributed by atoms with Gasteiger partial charge in [-0.3, -0.25) is 14.5 Å². The Morgan fingerprint density at radius 2 is 1.71 bits per heavy atom. The number of nitrogens with zero attached hydrogens (tertiary/aromatic N) is 1. The first-order valence-electron chi connectivity index (χ1n) is 10.2. The van der Waals surface area contributed by atoms with Gasteiger partial charge in [-0.25, -0.2) is 0 Å². The summed E-state index contributed by atoms with van der Waals surface area (Å²) in [6.45, 7) is 0. The smallest absolute Gasteiger partial charge is 0.418 e. The van der Waals surface area contributed by atoms with Crippen molar-refractivity contribution in [2.75, 3.05) is 29.8 Å². The van der Waals surface area contributed by atoms with Crippen LogP contribution in [0.25, 0.3) is 0 Å². The highest BCUT2D eigenvalue weighted by Gasteiger charge is 2.59. The third kappa shape index (κ3) is 2.91. The van der Waals surface area contributed by atoms with Crippen LogP contribution in [0.3, 0.4) is 0 Å². The quantitative estimate of drug-likeness (QED) is 0.586. The van der Waals surface area contributed by atoms with E-state index < -0.39 is 34.9 Å². The van der Waals surface area contributed by atoms with Gasteiger partial charge in [-0.15, -0.1) is 0 Å². The maximum atomic E-state index is 13.8. The first kappa shape index (κ1) is 21.6. The molecule has 2 aliphatic heterocycles. The van der Waals surface area contributed by atoms with Gasteiger partial charge >= 0.3 is 6.18 Å². The Labute approximate surface area is 192 Å². The Bertz CT molecular complexity index is 1340. The Morgan fingerprint density at radius 1 is 0.941 bits per heavy atom. The average Bonchev–Trinajstić information content (AvgIpc) is 3.09. The number of methoxy groups -OCH3 is 2. The number of carbonyl (C=O) groups excluding carboxylic acids is 2. The summed E-state index contributed by atoms with van der Waals surface area (Å²) in [5.74, 6) is -0.789. The molecule has 0 unspecified atom stereocenters. The molecular formula is C24H18F3N3O4. The van der Waals surface area contributed by atoms with E-state index in [4.69, 9.17) is 9.47 Å². The van der Waals surface area contributed by atoms with Crippen molar-refractivity contribution in [2.45, 2.75) is 11.8 Å². The minimum Gasteiger partial charge on any atom is -0.497 e. The SMILES string of the molecule is COc1ccc(N2C(=O)c3ccccc3N[C@]23C(=O)Nc2c(C(F)(F)F)cccc23)c(OC)c1. The van der Waals surface area contributed by atoms with Gasteiger partial charge in [0.2, 0.25) is 5.66 Å². The van der Waals surface area contributed by atoms with E-state index in [2.05, 4.69) is 10.6 Å². The van der Waals surface area contributed by atoms with Crippen LogP contribution >= 0.6 is 0 Å². The fourth-order valence-corrected chi connectivity index (χ4v) is 4.46. The van der Waals surface area contributed by atoms with Gasteiger partial charge in [0.1, 0.15) is 11.5 Å². The molecule has 10 heteroatoms. The van der Waals surface area contributed by atoms with Gasteiger partial charge in [0.15, 0.2) is 0 Å². The van der Waals surface area contributed by atoms with E-state index in [9.17, 15) is 22.8 Å². The molecule has 1 atom stereocenters. The third-order valence-electron chi connectivity index (χ3n) is 5.97. The maximum Gasteiger partial charge on any atom is 0.418 e. The lowest BCUT2D eigenvalue weighted by Crippen LogP contribution is -2.61. The minimum atomic E-state index is -4.72. The summed E-state index contributed by atoms with van der Waals surface area (Å²) < 4.78 is 52.0. The predicted octanol–water partition coefficient (Wildman–Crippen LogP) is 4.60. The van der Waals surface area contributed by atoms with Crippen LogP contribution in [-0.4, -0.2) is 26.0 Å². The van der Waals surface area contributed by atoms with Crippen LogP contribution in [0.15, 0.2) is 60.7 Å². The van der Waals surface area contributed by atoms with Crippen molar-refractivity contribution in [3.63, 3.8) is 0 Å². The van der Waals surface area contributed by atoms with Crippen molar-refractivity contribution in [1.82, 2.24) is 0 Å². The molecule has 2 heterocycles. The number of rotatable bonds is 3. The lowest BCUT2D eigenvalue weighted by molar-refractivity contribution is -0.136. The molecule has 3 aromatic rings. The van der Waals surface area contributed by atoms with Crippen molar-refractivity contribution in [3.8, 4) is 11.5 Å². The lowest BCUT2D eigenvalue weighted by atomic mass is 9.91. The van der Waals surface area contributed by atoms with Gasteiger partial charge in [0.05, 0.1) is 36.7 Å². The molecule has 0 radical (unpaired) electrons. The van der Waals surface area contributed by atoms with Crippen LogP contribution in [-0.2, 0) is 16.6 Å². The number of halogens is 3. The highest BCUT2D eigenvalue weighted by atomic mass is 19.4. The number of hydrogen-bond acceptors (Lipinski definition) is 5. The zero-order chi connectivity index (χ0) is 24.3. The molecule has 2 N–H and O–H groups in total. The number of carbonyl (C=O) groups is 2. The molecule has 0 bridgehead atoms. The highest BCUT2D eigenvalue weighted by molar-refractivity contribution is 6.22. The van der Waals surface area contributed by atoms with Gasteiger partial charge < -0.3 is 20.1 Å². The van der Waals surface area contributed by atoms with Gasteiger partial charge in [-0.2, -0.15) is 13.2 Å². The lowest BCUT2D eigenvalue weighted by Gasteiger charge is -2.44. The molecular weight excluding hydrogens is 451 g/mol. The first-order valence-corrected chi connectivity index (χ1v) is 10.2. The second-order valence-electron chi connectivity index (χ2n) is 7.74. The summed E-state index contributed by atoms with van der Waals surface area (Å²) in [6, 6.07) is 14.6. The summed E-state index contributed by atoms with van der Waals surface area (Å²) in [6.07, 6.45) is -4.72. The summed E-state index contributed by atoms with van der Waals surface area (Å²) in [4.78, 5) is 28.5. The van der Waals surface area contributed by atoms with Crippen molar-refractivity contribution in [3.05, 3.63) is 77.4 Å². The topological polar surface area (TPSA) is 79.9 Å². The van der Waals surface area contributed by atoms with Crippen molar-refractivity contribution in [2.24, 2.45) is 0 Å². The van der Waals surface area contributed by atoms with Crippen LogP contribution < -0.4 is 25.0 Å². The molecule has 2 aliphatic rings.